The number of carbonyl (C=O) groups excluding carboxylic acids is 1. The third-order valence-corrected chi connectivity index (χ3v) is 6.99. The molecule has 11 heteroatoms. The molecule has 1 fully saturated rings. The van der Waals surface area contributed by atoms with Crippen LogP contribution in [0.3, 0.4) is 0 Å². The first-order valence-electron chi connectivity index (χ1n) is 9.84. The second-order valence-corrected chi connectivity index (χ2v) is 8.69. The monoisotopic (exact) mass is 476 g/mol. The summed E-state index contributed by atoms with van der Waals surface area (Å²) in [5, 5.41) is 13.1. The Morgan fingerprint density at radius 3 is 2.44 bits per heavy atom. The summed E-state index contributed by atoms with van der Waals surface area (Å²) in [5.41, 5.74) is 1.50. The van der Waals surface area contributed by atoms with Gasteiger partial charge in [-0.25, -0.2) is 4.98 Å². The van der Waals surface area contributed by atoms with Gasteiger partial charge < -0.3 is 19.3 Å². The SMILES string of the molecule is COc1cc(C(=O)N2CCN(c3nc4c(C)c(Cl)ccc4s3)CC2)c([N+](=O)[O-])cc1OC. The molecule has 0 aliphatic carbocycles. The Balaban J connectivity index is 1.54. The maximum atomic E-state index is 13.1. The molecule has 32 heavy (non-hydrogen) atoms. The Labute approximate surface area is 193 Å². The standard InChI is InChI=1S/C21H21ClN4O5S/c1-12-14(22)4-5-18-19(12)23-21(32-18)25-8-6-24(7-9-25)20(27)13-10-16(30-2)17(31-3)11-15(13)26(28)29/h4-5,10-11H,6-9H2,1-3H3. The van der Waals surface area contributed by atoms with Crippen LogP contribution in [0.2, 0.25) is 5.02 Å². The normalized spacial score (nSPS) is 14.0. The molecule has 0 atom stereocenters. The number of halogens is 1. The number of hydrogen-bond acceptors (Lipinski definition) is 8. The van der Waals surface area contributed by atoms with E-state index in [-0.39, 0.29) is 22.7 Å². The van der Waals surface area contributed by atoms with E-state index in [1.807, 2.05) is 19.1 Å². The van der Waals surface area contributed by atoms with E-state index in [1.54, 1.807) is 16.2 Å². The Bertz CT molecular complexity index is 1210. The van der Waals surface area contributed by atoms with Gasteiger partial charge in [0.25, 0.3) is 11.6 Å². The van der Waals surface area contributed by atoms with Gasteiger partial charge in [0.15, 0.2) is 16.6 Å². The molecule has 0 N–H and O–H groups in total. The number of benzene rings is 2. The maximum Gasteiger partial charge on any atom is 0.286 e. The molecule has 2 heterocycles. The summed E-state index contributed by atoms with van der Waals surface area (Å²) in [7, 11) is 2.81. The summed E-state index contributed by atoms with van der Waals surface area (Å²) in [6, 6.07) is 6.41. The molecule has 0 unspecified atom stereocenters. The number of thiazole rings is 1. The number of nitrogens with zero attached hydrogens (tertiary/aromatic N) is 4. The first-order valence-corrected chi connectivity index (χ1v) is 11.0. The Hall–Kier alpha value is -3.11. The van der Waals surface area contributed by atoms with Gasteiger partial charge in [-0.1, -0.05) is 22.9 Å². The predicted molar refractivity (Wildman–Crippen MR) is 124 cm³/mol. The van der Waals surface area contributed by atoms with Gasteiger partial charge in [-0.15, -0.1) is 0 Å². The molecular formula is C21H21ClN4O5S. The van der Waals surface area contributed by atoms with E-state index in [2.05, 4.69) is 4.90 Å². The van der Waals surface area contributed by atoms with Gasteiger partial charge in [-0.2, -0.15) is 0 Å². The van der Waals surface area contributed by atoms with E-state index in [9.17, 15) is 14.9 Å². The molecule has 0 bridgehead atoms. The van der Waals surface area contributed by atoms with E-state index < -0.39 is 10.8 Å². The van der Waals surface area contributed by atoms with Crippen LogP contribution in [0.5, 0.6) is 11.5 Å². The molecular weight excluding hydrogens is 456 g/mol. The number of amides is 1. The topological polar surface area (TPSA) is 98.0 Å². The zero-order chi connectivity index (χ0) is 23.0. The molecule has 1 amide bonds. The molecule has 0 spiro atoms. The molecule has 1 aromatic heterocycles. The van der Waals surface area contributed by atoms with Gasteiger partial charge in [0.2, 0.25) is 0 Å². The van der Waals surface area contributed by atoms with Crippen molar-refractivity contribution in [2.45, 2.75) is 6.92 Å². The van der Waals surface area contributed by atoms with E-state index in [0.717, 1.165) is 20.9 Å². The number of aryl methyl sites for hydroxylation is 1. The number of piperazine rings is 1. The van der Waals surface area contributed by atoms with E-state index in [1.165, 1.54) is 26.4 Å². The Kier molecular flexibility index (Phi) is 6.07. The van der Waals surface area contributed by atoms with Gasteiger partial charge >= 0.3 is 0 Å². The van der Waals surface area contributed by atoms with Crippen LogP contribution in [-0.2, 0) is 0 Å². The second kappa shape index (κ2) is 8.79. The molecule has 0 saturated carbocycles. The first-order chi connectivity index (χ1) is 15.3. The average Bonchev–Trinajstić information content (AvgIpc) is 3.25. The van der Waals surface area contributed by atoms with Crippen LogP contribution < -0.4 is 14.4 Å². The summed E-state index contributed by atoms with van der Waals surface area (Å²) in [6.45, 7) is 3.92. The molecule has 2 aromatic carbocycles. The van der Waals surface area contributed by atoms with Crippen LogP contribution in [-0.4, -0.2) is 61.1 Å². The lowest BCUT2D eigenvalue weighted by molar-refractivity contribution is -0.385. The van der Waals surface area contributed by atoms with Crippen molar-refractivity contribution in [3.63, 3.8) is 0 Å². The molecule has 0 radical (unpaired) electrons. The van der Waals surface area contributed by atoms with Crippen LogP contribution in [0.4, 0.5) is 10.8 Å². The van der Waals surface area contributed by atoms with Gasteiger partial charge in [0.1, 0.15) is 5.56 Å². The van der Waals surface area contributed by atoms with Crippen molar-refractivity contribution in [3.05, 3.63) is 50.5 Å². The van der Waals surface area contributed by atoms with Gasteiger partial charge in [-0.3, -0.25) is 14.9 Å². The molecule has 9 nitrogen and oxygen atoms in total. The molecule has 3 aromatic rings. The highest BCUT2D eigenvalue weighted by Gasteiger charge is 2.30. The lowest BCUT2D eigenvalue weighted by atomic mass is 10.1. The highest BCUT2D eigenvalue weighted by molar-refractivity contribution is 7.22. The Morgan fingerprint density at radius 1 is 1.16 bits per heavy atom. The summed E-state index contributed by atoms with van der Waals surface area (Å²) >= 11 is 7.79. The zero-order valence-electron chi connectivity index (χ0n) is 17.8. The van der Waals surface area contributed by atoms with Crippen LogP contribution in [0, 0.1) is 17.0 Å². The Morgan fingerprint density at radius 2 is 1.81 bits per heavy atom. The molecule has 1 aliphatic heterocycles. The third kappa shape index (κ3) is 3.91. The van der Waals surface area contributed by atoms with Crippen molar-refractivity contribution in [3.8, 4) is 11.5 Å². The second-order valence-electron chi connectivity index (χ2n) is 7.28. The fraction of sp³-hybridized carbons (Fsp3) is 0.333. The van der Waals surface area contributed by atoms with Crippen LogP contribution in [0.25, 0.3) is 10.2 Å². The number of methoxy groups -OCH3 is 2. The number of nitro benzene ring substituents is 1. The van der Waals surface area contributed by atoms with E-state index in [0.29, 0.717) is 31.2 Å². The van der Waals surface area contributed by atoms with Crippen LogP contribution >= 0.6 is 22.9 Å². The maximum absolute atomic E-state index is 13.1. The highest BCUT2D eigenvalue weighted by Crippen LogP contribution is 2.36. The minimum atomic E-state index is -0.583. The number of rotatable bonds is 5. The van der Waals surface area contributed by atoms with Crippen molar-refractivity contribution < 1.29 is 19.2 Å². The smallest absolute Gasteiger partial charge is 0.286 e. The van der Waals surface area contributed by atoms with Gasteiger partial charge in [-0.05, 0) is 24.6 Å². The van der Waals surface area contributed by atoms with Crippen molar-refractivity contribution in [2.24, 2.45) is 0 Å². The third-order valence-electron chi connectivity index (χ3n) is 5.50. The number of ether oxygens (including phenoxy) is 2. The van der Waals surface area contributed by atoms with Gasteiger partial charge in [0, 0.05) is 37.3 Å². The molecule has 168 valence electrons. The largest absolute Gasteiger partial charge is 0.493 e. The number of aromatic nitrogens is 1. The van der Waals surface area contributed by atoms with Crippen LogP contribution in [0.15, 0.2) is 24.3 Å². The first kappa shape index (κ1) is 22.1. The van der Waals surface area contributed by atoms with Crippen molar-refractivity contribution in [1.29, 1.82) is 0 Å². The van der Waals surface area contributed by atoms with E-state index >= 15 is 0 Å². The highest BCUT2D eigenvalue weighted by atomic mass is 35.5. The lowest BCUT2D eigenvalue weighted by Gasteiger charge is -2.34. The zero-order valence-corrected chi connectivity index (χ0v) is 19.3. The number of hydrogen-bond donors (Lipinski definition) is 0. The average molecular weight is 477 g/mol. The predicted octanol–water partition coefficient (Wildman–Crippen LogP) is 4.15. The van der Waals surface area contributed by atoms with Crippen molar-refractivity contribution >= 4 is 49.9 Å². The van der Waals surface area contributed by atoms with Crippen molar-refractivity contribution in [2.75, 3.05) is 45.3 Å². The number of fused-ring (bicyclic) bond motifs is 1. The summed E-state index contributed by atoms with van der Waals surface area (Å²) in [4.78, 5) is 32.6. The quantitative estimate of drug-likeness (QED) is 0.403. The summed E-state index contributed by atoms with van der Waals surface area (Å²) in [6.07, 6.45) is 0. The fourth-order valence-electron chi connectivity index (χ4n) is 3.69. The summed E-state index contributed by atoms with van der Waals surface area (Å²) in [5.74, 6) is 0.0552. The number of nitro groups is 1. The van der Waals surface area contributed by atoms with E-state index in [4.69, 9.17) is 26.1 Å². The van der Waals surface area contributed by atoms with Crippen LogP contribution in [0.1, 0.15) is 15.9 Å². The van der Waals surface area contributed by atoms with Crippen molar-refractivity contribution in [1.82, 2.24) is 9.88 Å². The molecule has 4 rings (SSSR count). The lowest BCUT2D eigenvalue weighted by Crippen LogP contribution is -2.48. The minimum Gasteiger partial charge on any atom is -0.493 e. The number of anilines is 1. The summed E-state index contributed by atoms with van der Waals surface area (Å²) < 4.78 is 11.4. The van der Waals surface area contributed by atoms with Gasteiger partial charge in [0.05, 0.1) is 35.4 Å². The number of carbonyl (C=O) groups is 1. The fourth-order valence-corrected chi connectivity index (χ4v) is 4.92. The molecule has 1 saturated heterocycles. The molecule has 1 aliphatic rings. The minimum absolute atomic E-state index is 0.0219.